The van der Waals surface area contributed by atoms with E-state index in [2.05, 4.69) is 0 Å². The number of carbonyl (C=O) groups excluding carboxylic acids is 1. The van der Waals surface area contributed by atoms with Gasteiger partial charge in [0.05, 0.1) is 0 Å². The number of pyridine rings is 1. The van der Waals surface area contributed by atoms with Gasteiger partial charge in [0.2, 0.25) is 5.91 Å². The second-order valence-corrected chi connectivity index (χ2v) is 4.52. The topological polar surface area (TPSA) is 66.1 Å². The monoisotopic (exact) mass is 245 g/mol. The van der Waals surface area contributed by atoms with Gasteiger partial charge in [0.15, 0.2) is 0 Å². The number of aromatic nitrogens is 1. The molecule has 1 aromatic heterocycles. The average molecular weight is 245 g/mol. The first-order valence-electron chi connectivity index (χ1n) is 6.01. The second-order valence-electron chi connectivity index (χ2n) is 4.52. The molecule has 2 heterocycles. The van der Waals surface area contributed by atoms with E-state index in [1.54, 1.807) is 24.1 Å². The summed E-state index contributed by atoms with van der Waals surface area (Å²) in [5.74, 6) is 0.0761. The fourth-order valence-electron chi connectivity index (χ4n) is 2.11. The summed E-state index contributed by atoms with van der Waals surface area (Å²) in [6, 6.07) is 3.65. The van der Waals surface area contributed by atoms with Crippen LogP contribution in [0, 0.1) is 18.3 Å². The molecule has 0 radical (unpaired) electrons. The first kappa shape index (κ1) is 12.4. The number of hydrogen-bond acceptors (Lipinski definition) is 3. The third kappa shape index (κ3) is 2.28. The van der Waals surface area contributed by atoms with Gasteiger partial charge in [-0.3, -0.25) is 14.2 Å². The maximum absolute atomic E-state index is 12.0. The summed E-state index contributed by atoms with van der Waals surface area (Å²) in [6.07, 6.45) is 4.07. The van der Waals surface area contributed by atoms with Gasteiger partial charge in [-0.25, -0.2) is 0 Å². The van der Waals surface area contributed by atoms with E-state index in [0.717, 1.165) is 12.8 Å². The van der Waals surface area contributed by atoms with Crippen LogP contribution in [-0.2, 0) is 11.5 Å². The van der Waals surface area contributed by atoms with Crippen LogP contribution >= 0.6 is 0 Å². The minimum atomic E-state index is -0.323. The van der Waals surface area contributed by atoms with Gasteiger partial charge in [0.1, 0.15) is 18.3 Å². The summed E-state index contributed by atoms with van der Waals surface area (Å²) in [5.41, 5.74) is 0.501. The van der Waals surface area contributed by atoms with E-state index < -0.39 is 0 Å². The first-order valence-corrected chi connectivity index (χ1v) is 6.01. The lowest BCUT2D eigenvalue weighted by atomic mass is 10.1. The summed E-state index contributed by atoms with van der Waals surface area (Å²) in [4.78, 5) is 25.3. The minimum Gasteiger partial charge on any atom is -0.325 e. The molecule has 5 nitrogen and oxygen atoms in total. The maximum atomic E-state index is 12.0. The molecule has 94 valence electrons. The van der Waals surface area contributed by atoms with E-state index in [9.17, 15) is 9.59 Å². The molecule has 0 spiro atoms. The predicted molar refractivity (Wildman–Crippen MR) is 65.7 cm³/mol. The second kappa shape index (κ2) is 5.05. The number of carbonyl (C=O) groups is 1. The highest BCUT2D eigenvalue weighted by Gasteiger charge is 2.19. The van der Waals surface area contributed by atoms with Crippen LogP contribution in [0.25, 0.3) is 0 Å². The van der Waals surface area contributed by atoms with Crippen molar-refractivity contribution in [3.63, 3.8) is 0 Å². The standard InChI is InChI=1S/C13H15N3O2/c1-10-5-7-16(13(18)11(10)8-14)9-15-6-3-2-4-12(15)17/h5,7H,2-4,6,9H2,1H3. The number of nitrogens with zero attached hydrogens (tertiary/aromatic N) is 3. The summed E-state index contributed by atoms with van der Waals surface area (Å²) in [6.45, 7) is 2.66. The van der Waals surface area contributed by atoms with Gasteiger partial charge in [-0.2, -0.15) is 5.26 Å². The van der Waals surface area contributed by atoms with Crippen molar-refractivity contribution in [1.29, 1.82) is 5.26 Å². The van der Waals surface area contributed by atoms with Gasteiger partial charge >= 0.3 is 0 Å². The Balaban J connectivity index is 2.27. The number of likely N-dealkylation sites (tertiary alicyclic amines) is 1. The molecule has 0 aromatic carbocycles. The largest absolute Gasteiger partial charge is 0.325 e. The highest BCUT2D eigenvalue weighted by Crippen LogP contribution is 2.11. The van der Waals surface area contributed by atoms with Crippen LogP contribution < -0.4 is 5.56 Å². The summed E-state index contributed by atoms with van der Waals surface area (Å²) < 4.78 is 1.43. The molecule has 0 bridgehead atoms. The minimum absolute atomic E-state index is 0.0761. The molecular weight excluding hydrogens is 230 g/mol. The molecule has 0 aliphatic carbocycles. The quantitative estimate of drug-likeness (QED) is 0.780. The molecule has 1 aliphatic heterocycles. The Morgan fingerprint density at radius 1 is 1.39 bits per heavy atom. The fraction of sp³-hybridized carbons (Fsp3) is 0.462. The van der Waals surface area contributed by atoms with Crippen molar-refractivity contribution in [3.8, 4) is 6.07 Å². The Kier molecular flexibility index (Phi) is 3.47. The molecule has 1 aliphatic rings. The Hall–Kier alpha value is -2.09. The van der Waals surface area contributed by atoms with Crippen LogP contribution in [0.3, 0.4) is 0 Å². The number of nitriles is 1. The zero-order valence-corrected chi connectivity index (χ0v) is 10.3. The van der Waals surface area contributed by atoms with Crippen molar-refractivity contribution >= 4 is 5.91 Å². The summed E-state index contributed by atoms with van der Waals surface area (Å²) in [7, 11) is 0. The van der Waals surface area contributed by atoms with Crippen molar-refractivity contribution in [2.75, 3.05) is 6.54 Å². The van der Waals surface area contributed by atoms with E-state index in [-0.39, 0.29) is 23.7 Å². The SMILES string of the molecule is Cc1ccn(CN2CCCCC2=O)c(=O)c1C#N. The van der Waals surface area contributed by atoms with Gasteiger partial charge in [-0.15, -0.1) is 0 Å². The predicted octanol–water partition coefficient (Wildman–Crippen LogP) is 0.998. The zero-order valence-electron chi connectivity index (χ0n) is 10.3. The zero-order chi connectivity index (χ0) is 13.1. The molecule has 5 heteroatoms. The third-order valence-corrected chi connectivity index (χ3v) is 3.23. The van der Waals surface area contributed by atoms with Gasteiger partial charge < -0.3 is 4.90 Å². The molecule has 1 saturated heterocycles. The van der Waals surface area contributed by atoms with E-state index in [0.29, 0.717) is 18.5 Å². The van der Waals surface area contributed by atoms with Crippen LogP contribution in [-0.4, -0.2) is 21.9 Å². The van der Waals surface area contributed by atoms with Crippen molar-refractivity contribution in [2.24, 2.45) is 0 Å². The molecule has 18 heavy (non-hydrogen) atoms. The molecule has 0 atom stereocenters. The van der Waals surface area contributed by atoms with Crippen molar-refractivity contribution in [2.45, 2.75) is 32.9 Å². The lowest BCUT2D eigenvalue weighted by Gasteiger charge is -2.27. The molecular formula is C13H15N3O2. The van der Waals surface area contributed by atoms with Gasteiger partial charge in [-0.05, 0) is 31.4 Å². The van der Waals surface area contributed by atoms with Gasteiger partial charge in [0.25, 0.3) is 5.56 Å². The Labute approximate surface area is 105 Å². The molecule has 0 saturated carbocycles. The van der Waals surface area contributed by atoms with Crippen molar-refractivity contribution < 1.29 is 4.79 Å². The smallest absolute Gasteiger partial charge is 0.270 e. The molecule has 0 N–H and O–H groups in total. The first-order chi connectivity index (χ1) is 8.63. The highest BCUT2D eigenvalue weighted by atomic mass is 16.2. The average Bonchev–Trinajstić information content (AvgIpc) is 2.36. The number of piperidine rings is 1. The molecule has 0 unspecified atom stereocenters. The highest BCUT2D eigenvalue weighted by molar-refractivity contribution is 5.76. The van der Waals surface area contributed by atoms with Crippen LogP contribution in [0.1, 0.15) is 30.4 Å². The van der Waals surface area contributed by atoms with Crippen LogP contribution in [0.4, 0.5) is 0 Å². The van der Waals surface area contributed by atoms with Crippen LogP contribution in [0.5, 0.6) is 0 Å². The van der Waals surface area contributed by atoms with Crippen LogP contribution in [0.15, 0.2) is 17.1 Å². The van der Waals surface area contributed by atoms with E-state index >= 15 is 0 Å². The van der Waals surface area contributed by atoms with E-state index in [1.165, 1.54) is 4.57 Å². The summed E-state index contributed by atoms with van der Waals surface area (Å²) in [5, 5.41) is 8.94. The van der Waals surface area contributed by atoms with Gasteiger partial charge in [0, 0.05) is 19.2 Å². The van der Waals surface area contributed by atoms with Crippen molar-refractivity contribution in [1.82, 2.24) is 9.47 Å². The van der Waals surface area contributed by atoms with Crippen LogP contribution in [0.2, 0.25) is 0 Å². The third-order valence-electron chi connectivity index (χ3n) is 3.23. The Morgan fingerprint density at radius 2 is 2.17 bits per heavy atom. The molecule has 1 fully saturated rings. The Morgan fingerprint density at radius 3 is 2.83 bits per heavy atom. The summed E-state index contributed by atoms with van der Waals surface area (Å²) >= 11 is 0. The molecule has 1 amide bonds. The Bertz CT molecular complexity index is 569. The maximum Gasteiger partial charge on any atom is 0.270 e. The number of hydrogen-bond donors (Lipinski definition) is 0. The number of rotatable bonds is 2. The van der Waals surface area contributed by atoms with Crippen molar-refractivity contribution in [3.05, 3.63) is 33.7 Å². The van der Waals surface area contributed by atoms with E-state index in [1.807, 2.05) is 6.07 Å². The lowest BCUT2D eigenvalue weighted by molar-refractivity contribution is -0.135. The van der Waals surface area contributed by atoms with Gasteiger partial charge in [-0.1, -0.05) is 0 Å². The fourth-order valence-corrected chi connectivity index (χ4v) is 2.11. The molecule has 2 rings (SSSR count). The number of aryl methyl sites for hydroxylation is 1. The molecule has 1 aromatic rings. The lowest BCUT2D eigenvalue weighted by Crippen LogP contribution is -2.39. The van der Waals surface area contributed by atoms with E-state index in [4.69, 9.17) is 5.26 Å². The number of amides is 1. The normalized spacial score (nSPS) is 15.6.